The Morgan fingerprint density at radius 1 is 0.600 bits per heavy atom. The van der Waals surface area contributed by atoms with Crippen LogP contribution in [0.1, 0.15) is 0 Å². The Labute approximate surface area is 99.9 Å². The number of terminal acetylenes is 1. The van der Waals surface area contributed by atoms with Crippen molar-refractivity contribution in [3.05, 3.63) is 60.7 Å². The second-order valence-electron chi connectivity index (χ2n) is 2.60. The van der Waals surface area contributed by atoms with Gasteiger partial charge in [0, 0.05) is 0 Å². The summed E-state index contributed by atoms with van der Waals surface area (Å²) >= 11 is 0.0186. The standard InChI is InChI=1S/2C6H5.C2H2.Pt/c2*1-2-4-6-5-3-1;1-2;/h2*1-5H;1-2H;. The quantitative estimate of drug-likeness (QED) is 0.705. The molecule has 0 bridgehead atoms. The van der Waals surface area contributed by atoms with Crippen molar-refractivity contribution in [3.8, 4) is 12.8 Å². The molecule has 0 aliphatic heterocycles. The van der Waals surface area contributed by atoms with Crippen LogP contribution in [0.3, 0.4) is 0 Å². The van der Waals surface area contributed by atoms with E-state index in [4.69, 9.17) is 0 Å². The van der Waals surface area contributed by atoms with Crippen molar-refractivity contribution >= 4 is 7.91 Å². The van der Waals surface area contributed by atoms with E-state index in [1.54, 1.807) is 0 Å². The van der Waals surface area contributed by atoms with Crippen LogP contribution in [0.25, 0.3) is 0 Å². The SMILES string of the molecule is C#C.c1cc[c]([Pt][c]2ccccc2)cc1. The van der Waals surface area contributed by atoms with E-state index >= 15 is 0 Å². The van der Waals surface area contributed by atoms with Crippen molar-refractivity contribution in [2.75, 3.05) is 0 Å². The molecule has 2 aromatic rings. The van der Waals surface area contributed by atoms with E-state index in [0.717, 1.165) is 0 Å². The van der Waals surface area contributed by atoms with Gasteiger partial charge in [-0.25, -0.2) is 0 Å². The van der Waals surface area contributed by atoms with Crippen LogP contribution in [-0.4, -0.2) is 0 Å². The van der Waals surface area contributed by atoms with Gasteiger partial charge in [-0.05, 0) is 0 Å². The summed E-state index contributed by atoms with van der Waals surface area (Å²) in [6.45, 7) is 0. The zero-order valence-electron chi connectivity index (χ0n) is 8.24. The van der Waals surface area contributed by atoms with Crippen LogP contribution in [0.5, 0.6) is 0 Å². The van der Waals surface area contributed by atoms with Gasteiger partial charge in [0.2, 0.25) is 0 Å². The molecule has 0 aliphatic rings. The molecule has 0 unspecified atom stereocenters. The first kappa shape index (κ1) is 11.8. The van der Waals surface area contributed by atoms with Gasteiger partial charge >= 0.3 is 87.1 Å². The molecule has 0 aromatic heterocycles. The van der Waals surface area contributed by atoms with Gasteiger partial charge in [0.15, 0.2) is 0 Å². The maximum absolute atomic E-state index is 4.00. The molecular weight excluding hydrogens is 363 g/mol. The fourth-order valence-corrected chi connectivity index (χ4v) is 3.41. The van der Waals surface area contributed by atoms with Gasteiger partial charge in [-0.3, -0.25) is 0 Å². The average Bonchev–Trinajstić information content (AvgIpc) is 2.34. The Morgan fingerprint density at radius 2 is 0.933 bits per heavy atom. The van der Waals surface area contributed by atoms with Gasteiger partial charge < -0.3 is 0 Å². The molecule has 2 aromatic carbocycles. The Balaban J connectivity index is 0.000000531. The molecule has 2 rings (SSSR count). The molecule has 15 heavy (non-hydrogen) atoms. The normalized spacial score (nSPS) is 8.93. The fourth-order valence-electron chi connectivity index (χ4n) is 1.02. The first-order chi connectivity index (χ1) is 7.45. The molecule has 0 saturated carbocycles. The molecule has 0 spiro atoms. The Bertz CT molecular complexity index is 352. The van der Waals surface area contributed by atoms with E-state index < -0.39 is 0 Å². The predicted octanol–water partition coefficient (Wildman–Crippen LogP) is 1.97. The molecule has 0 nitrogen and oxygen atoms in total. The van der Waals surface area contributed by atoms with Crippen LogP contribution < -0.4 is 7.91 Å². The van der Waals surface area contributed by atoms with Crippen molar-refractivity contribution in [1.82, 2.24) is 0 Å². The molecule has 0 N–H and O–H groups in total. The second-order valence-corrected chi connectivity index (χ2v) is 5.79. The van der Waals surface area contributed by atoms with E-state index in [1.807, 2.05) is 0 Å². The first-order valence-electron chi connectivity index (χ1n) is 4.47. The molecule has 0 aliphatic carbocycles. The van der Waals surface area contributed by atoms with Crippen molar-refractivity contribution in [2.45, 2.75) is 0 Å². The third-order valence-corrected chi connectivity index (χ3v) is 4.43. The minimum atomic E-state index is 0.0186. The van der Waals surface area contributed by atoms with Crippen molar-refractivity contribution in [1.29, 1.82) is 0 Å². The molecule has 78 valence electrons. The van der Waals surface area contributed by atoms with Crippen LogP contribution in [0.15, 0.2) is 60.7 Å². The van der Waals surface area contributed by atoms with Gasteiger partial charge in [0.05, 0.1) is 0 Å². The molecule has 1 heteroatoms. The van der Waals surface area contributed by atoms with Crippen LogP contribution >= 0.6 is 0 Å². The predicted molar refractivity (Wildman–Crippen MR) is 62.0 cm³/mol. The van der Waals surface area contributed by atoms with Crippen LogP contribution in [0, 0.1) is 12.8 Å². The van der Waals surface area contributed by atoms with Crippen LogP contribution in [0.4, 0.5) is 0 Å². The topological polar surface area (TPSA) is 0 Å². The zero-order chi connectivity index (χ0) is 10.9. The molecule has 0 fully saturated rings. The average molecular weight is 375 g/mol. The summed E-state index contributed by atoms with van der Waals surface area (Å²) in [6, 6.07) is 21.4. The van der Waals surface area contributed by atoms with E-state index in [2.05, 4.69) is 73.5 Å². The fraction of sp³-hybridized carbons (Fsp3) is 0. The summed E-state index contributed by atoms with van der Waals surface area (Å²) in [4.78, 5) is 0. The molecule has 0 saturated heterocycles. The molecular formula is C14H12Pt. The number of rotatable bonds is 2. The van der Waals surface area contributed by atoms with E-state index in [0.29, 0.717) is 0 Å². The van der Waals surface area contributed by atoms with Gasteiger partial charge in [-0.2, -0.15) is 0 Å². The summed E-state index contributed by atoms with van der Waals surface area (Å²) in [5.74, 6) is 0. The summed E-state index contributed by atoms with van der Waals surface area (Å²) in [7, 11) is 0. The Hall–Kier alpha value is -1.31. The Morgan fingerprint density at radius 3 is 1.27 bits per heavy atom. The maximum atomic E-state index is 4.00. The number of hydrogen-bond acceptors (Lipinski definition) is 0. The summed E-state index contributed by atoms with van der Waals surface area (Å²) < 4.78 is 2.96. The van der Waals surface area contributed by atoms with Crippen molar-refractivity contribution in [2.24, 2.45) is 0 Å². The van der Waals surface area contributed by atoms with Crippen LogP contribution in [-0.2, 0) is 18.6 Å². The third-order valence-electron chi connectivity index (χ3n) is 1.61. The van der Waals surface area contributed by atoms with Gasteiger partial charge in [0.25, 0.3) is 0 Å². The zero-order valence-corrected chi connectivity index (χ0v) is 10.5. The van der Waals surface area contributed by atoms with Gasteiger partial charge in [0.1, 0.15) is 0 Å². The van der Waals surface area contributed by atoms with Crippen molar-refractivity contribution < 1.29 is 18.6 Å². The molecule has 0 atom stereocenters. The molecule has 0 amide bonds. The van der Waals surface area contributed by atoms with Gasteiger partial charge in [-0.1, -0.05) is 0 Å². The number of hydrogen-bond donors (Lipinski definition) is 0. The monoisotopic (exact) mass is 375 g/mol. The molecule has 0 radical (unpaired) electrons. The van der Waals surface area contributed by atoms with Gasteiger partial charge in [-0.15, -0.1) is 12.8 Å². The van der Waals surface area contributed by atoms with E-state index in [1.165, 1.54) is 7.91 Å². The second kappa shape index (κ2) is 7.04. The van der Waals surface area contributed by atoms with E-state index in [-0.39, 0.29) is 18.6 Å². The summed E-state index contributed by atoms with van der Waals surface area (Å²) in [6.07, 6.45) is 8.00. The molecule has 0 heterocycles. The minimum absolute atomic E-state index is 0.0186. The first-order valence-corrected chi connectivity index (χ1v) is 6.74. The third kappa shape index (κ3) is 4.15. The number of benzene rings is 2. The van der Waals surface area contributed by atoms with Crippen LogP contribution in [0.2, 0.25) is 0 Å². The summed E-state index contributed by atoms with van der Waals surface area (Å²) in [5, 5.41) is 0. The van der Waals surface area contributed by atoms with E-state index in [9.17, 15) is 0 Å². The summed E-state index contributed by atoms with van der Waals surface area (Å²) in [5.41, 5.74) is 0. The van der Waals surface area contributed by atoms with Crippen molar-refractivity contribution in [3.63, 3.8) is 0 Å². The Kier molecular flexibility index (Phi) is 5.52.